The van der Waals surface area contributed by atoms with Crippen molar-refractivity contribution in [2.24, 2.45) is 5.92 Å². The molecular weight excluding hydrogens is 221 g/mol. The third-order valence-corrected chi connectivity index (χ3v) is 3.22. The van der Waals surface area contributed by atoms with Crippen molar-refractivity contribution in [3.63, 3.8) is 0 Å². The van der Waals surface area contributed by atoms with E-state index in [1.807, 2.05) is 0 Å². The fraction of sp³-hybridized carbons (Fsp3) is 0.308. The summed E-state index contributed by atoms with van der Waals surface area (Å²) in [7, 11) is 0. The molecule has 3 nitrogen and oxygen atoms in total. The lowest BCUT2D eigenvalue weighted by Crippen LogP contribution is -2.09. The predicted octanol–water partition coefficient (Wildman–Crippen LogP) is 2.89. The number of fused-ring (bicyclic) bond motifs is 1. The van der Waals surface area contributed by atoms with Crippen LogP contribution in [0.5, 0.6) is 0 Å². The number of aromatic carboxylic acids is 1. The minimum Gasteiger partial charge on any atom is -0.477 e. The third kappa shape index (κ3) is 1.79. The van der Waals surface area contributed by atoms with Gasteiger partial charge in [-0.1, -0.05) is 0 Å². The molecule has 0 saturated heterocycles. The second-order valence-corrected chi connectivity index (χ2v) is 4.59. The second-order valence-electron chi connectivity index (χ2n) is 4.59. The maximum atomic E-state index is 13.2. The highest BCUT2D eigenvalue weighted by atomic mass is 19.1. The van der Waals surface area contributed by atoms with E-state index in [1.54, 1.807) is 16.7 Å². The number of carboxylic acids is 1. The Kier molecular flexibility index (Phi) is 2.18. The Bertz CT molecular complexity index is 599. The van der Waals surface area contributed by atoms with Gasteiger partial charge < -0.3 is 9.67 Å². The van der Waals surface area contributed by atoms with Crippen LogP contribution >= 0.6 is 0 Å². The minimum atomic E-state index is -0.956. The molecule has 0 amide bonds. The Labute approximate surface area is 97.5 Å². The number of halogens is 1. The first kappa shape index (κ1) is 10.3. The van der Waals surface area contributed by atoms with E-state index in [0.717, 1.165) is 18.2 Å². The summed E-state index contributed by atoms with van der Waals surface area (Å²) < 4.78 is 14.9. The number of aromatic nitrogens is 1. The first-order chi connectivity index (χ1) is 8.15. The van der Waals surface area contributed by atoms with Crippen LogP contribution in [0.15, 0.2) is 24.3 Å². The fourth-order valence-corrected chi connectivity index (χ4v) is 2.16. The lowest BCUT2D eigenvalue weighted by molar-refractivity contribution is 0.0685. The number of hydrogen-bond donors (Lipinski definition) is 1. The van der Waals surface area contributed by atoms with Crippen LogP contribution in [-0.2, 0) is 6.54 Å². The van der Waals surface area contributed by atoms with Gasteiger partial charge in [0, 0.05) is 11.9 Å². The van der Waals surface area contributed by atoms with Crippen molar-refractivity contribution < 1.29 is 14.3 Å². The number of hydrogen-bond acceptors (Lipinski definition) is 1. The summed E-state index contributed by atoms with van der Waals surface area (Å²) >= 11 is 0. The highest BCUT2D eigenvalue weighted by Gasteiger charge is 2.25. The first-order valence-corrected chi connectivity index (χ1v) is 5.67. The predicted molar refractivity (Wildman–Crippen MR) is 61.6 cm³/mol. The van der Waals surface area contributed by atoms with E-state index in [-0.39, 0.29) is 11.5 Å². The molecule has 0 atom stereocenters. The van der Waals surface area contributed by atoms with Crippen molar-refractivity contribution in [2.45, 2.75) is 19.4 Å². The van der Waals surface area contributed by atoms with Gasteiger partial charge in [-0.2, -0.15) is 0 Å². The van der Waals surface area contributed by atoms with Crippen molar-refractivity contribution in [1.29, 1.82) is 0 Å². The molecule has 1 saturated carbocycles. The fourth-order valence-electron chi connectivity index (χ4n) is 2.16. The van der Waals surface area contributed by atoms with Crippen LogP contribution in [-0.4, -0.2) is 15.6 Å². The zero-order valence-corrected chi connectivity index (χ0v) is 9.19. The molecule has 0 bridgehead atoms. The van der Waals surface area contributed by atoms with Gasteiger partial charge in [0.1, 0.15) is 11.5 Å². The molecule has 0 aliphatic heterocycles. The van der Waals surface area contributed by atoms with Gasteiger partial charge >= 0.3 is 5.97 Å². The van der Waals surface area contributed by atoms with Crippen LogP contribution in [0.25, 0.3) is 10.9 Å². The molecule has 17 heavy (non-hydrogen) atoms. The standard InChI is InChI=1S/C13H12FNO2/c14-10-4-3-9-5-12(13(16)17)15(11(9)6-10)7-8-1-2-8/h3-6,8H,1-2,7H2,(H,16,17). The largest absolute Gasteiger partial charge is 0.477 e. The Morgan fingerprint density at radius 2 is 2.18 bits per heavy atom. The zero-order chi connectivity index (χ0) is 12.0. The molecule has 1 fully saturated rings. The van der Waals surface area contributed by atoms with Gasteiger partial charge in [-0.3, -0.25) is 0 Å². The van der Waals surface area contributed by atoms with Crippen molar-refractivity contribution in [2.75, 3.05) is 0 Å². The summed E-state index contributed by atoms with van der Waals surface area (Å²) in [5.74, 6) is -0.737. The van der Waals surface area contributed by atoms with Gasteiger partial charge in [-0.15, -0.1) is 0 Å². The summed E-state index contributed by atoms with van der Waals surface area (Å²) in [5.41, 5.74) is 0.923. The van der Waals surface area contributed by atoms with E-state index in [9.17, 15) is 9.18 Å². The SMILES string of the molecule is O=C(O)c1cc2ccc(F)cc2n1CC1CC1. The maximum Gasteiger partial charge on any atom is 0.352 e. The Morgan fingerprint density at radius 3 is 2.82 bits per heavy atom. The number of nitrogens with zero attached hydrogens (tertiary/aromatic N) is 1. The van der Waals surface area contributed by atoms with E-state index in [1.165, 1.54) is 12.1 Å². The average molecular weight is 233 g/mol. The van der Waals surface area contributed by atoms with E-state index in [2.05, 4.69) is 0 Å². The van der Waals surface area contributed by atoms with Crippen molar-refractivity contribution in [3.05, 3.63) is 35.8 Å². The molecule has 2 aromatic rings. The first-order valence-electron chi connectivity index (χ1n) is 5.67. The van der Waals surface area contributed by atoms with Crippen molar-refractivity contribution in [1.82, 2.24) is 4.57 Å². The lowest BCUT2D eigenvalue weighted by Gasteiger charge is -2.06. The molecular formula is C13H12FNO2. The molecule has 0 spiro atoms. The van der Waals surface area contributed by atoms with Crippen molar-refractivity contribution >= 4 is 16.9 Å². The molecule has 1 aromatic heterocycles. The summed E-state index contributed by atoms with van der Waals surface area (Å²) in [5, 5.41) is 9.94. The molecule has 0 unspecified atom stereocenters. The molecule has 3 rings (SSSR count). The normalized spacial score (nSPS) is 15.4. The van der Waals surface area contributed by atoms with Crippen LogP contribution in [0.1, 0.15) is 23.3 Å². The van der Waals surface area contributed by atoms with Gasteiger partial charge in [0.05, 0.1) is 5.52 Å². The smallest absolute Gasteiger partial charge is 0.352 e. The summed E-state index contributed by atoms with van der Waals surface area (Å²) in [6, 6.07) is 6.00. The van der Waals surface area contributed by atoms with Gasteiger partial charge in [0.15, 0.2) is 0 Å². The van der Waals surface area contributed by atoms with Gasteiger partial charge in [0.2, 0.25) is 0 Å². The topological polar surface area (TPSA) is 42.2 Å². The van der Waals surface area contributed by atoms with E-state index < -0.39 is 5.97 Å². The van der Waals surface area contributed by atoms with E-state index >= 15 is 0 Å². The highest BCUT2D eigenvalue weighted by Crippen LogP contribution is 2.33. The Morgan fingerprint density at radius 1 is 1.41 bits per heavy atom. The van der Waals surface area contributed by atoms with E-state index in [0.29, 0.717) is 18.0 Å². The lowest BCUT2D eigenvalue weighted by atomic mass is 10.2. The number of carbonyl (C=O) groups is 1. The maximum absolute atomic E-state index is 13.2. The minimum absolute atomic E-state index is 0.248. The monoisotopic (exact) mass is 233 g/mol. The molecule has 1 heterocycles. The molecule has 1 aliphatic rings. The van der Waals surface area contributed by atoms with Crippen LogP contribution in [0, 0.1) is 11.7 Å². The number of benzene rings is 1. The van der Waals surface area contributed by atoms with Gasteiger partial charge in [-0.05, 0) is 43.0 Å². The van der Waals surface area contributed by atoms with Crippen LogP contribution in [0.4, 0.5) is 4.39 Å². The molecule has 1 aliphatic carbocycles. The van der Waals surface area contributed by atoms with Crippen LogP contribution in [0.3, 0.4) is 0 Å². The molecule has 1 N–H and O–H groups in total. The average Bonchev–Trinajstić information content (AvgIpc) is 3.01. The molecule has 1 aromatic carbocycles. The second kappa shape index (κ2) is 3.58. The van der Waals surface area contributed by atoms with Crippen molar-refractivity contribution in [3.8, 4) is 0 Å². The molecule has 0 radical (unpaired) electrons. The van der Waals surface area contributed by atoms with Crippen LogP contribution in [0.2, 0.25) is 0 Å². The quantitative estimate of drug-likeness (QED) is 0.885. The molecule has 4 heteroatoms. The summed E-state index contributed by atoms with van der Waals surface area (Å²) in [4.78, 5) is 11.2. The van der Waals surface area contributed by atoms with Crippen LogP contribution < -0.4 is 0 Å². The molecule has 88 valence electrons. The van der Waals surface area contributed by atoms with Gasteiger partial charge in [0.25, 0.3) is 0 Å². The third-order valence-electron chi connectivity index (χ3n) is 3.22. The van der Waals surface area contributed by atoms with Gasteiger partial charge in [-0.25, -0.2) is 9.18 Å². The zero-order valence-electron chi connectivity index (χ0n) is 9.19. The Balaban J connectivity index is 2.20. The Hall–Kier alpha value is -1.84. The summed E-state index contributed by atoms with van der Waals surface area (Å²) in [6.07, 6.45) is 2.27. The number of rotatable bonds is 3. The summed E-state index contributed by atoms with van der Waals surface area (Å²) in [6.45, 7) is 0.675. The highest BCUT2D eigenvalue weighted by molar-refractivity contribution is 5.94. The van der Waals surface area contributed by atoms with E-state index in [4.69, 9.17) is 5.11 Å². The number of carboxylic acid groups (broad SMARTS) is 1.